The van der Waals surface area contributed by atoms with Crippen LogP contribution in [0.4, 0.5) is 0 Å². The quantitative estimate of drug-likeness (QED) is 0.342. The summed E-state index contributed by atoms with van der Waals surface area (Å²) in [5.41, 5.74) is 2.37. The van der Waals surface area contributed by atoms with E-state index in [4.69, 9.17) is 18.9 Å². The van der Waals surface area contributed by atoms with Crippen molar-refractivity contribution < 1.29 is 18.9 Å². The van der Waals surface area contributed by atoms with Gasteiger partial charge in [0.15, 0.2) is 0 Å². The number of benzene rings is 2. The Balaban J connectivity index is 2.56. The molecule has 0 aliphatic carbocycles. The summed E-state index contributed by atoms with van der Waals surface area (Å²) >= 11 is 5.58. The number of thioether (sulfide) groups is 1. The second-order valence-electron chi connectivity index (χ2n) is 6.82. The summed E-state index contributed by atoms with van der Waals surface area (Å²) in [5, 5.41) is 0.375. The van der Waals surface area contributed by atoms with Gasteiger partial charge in [0, 0.05) is 0 Å². The van der Waals surface area contributed by atoms with E-state index in [2.05, 4.69) is 48.2 Å². The summed E-state index contributed by atoms with van der Waals surface area (Å²) < 4.78 is 25.4. The van der Waals surface area contributed by atoms with Crippen LogP contribution in [0.1, 0.15) is 36.3 Å². The Morgan fingerprint density at radius 2 is 1.67 bits per heavy atom. The third-order valence-corrected chi connectivity index (χ3v) is 10.2. The fourth-order valence-corrected chi connectivity index (χ4v) is 7.70. The molecule has 166 valence electrons. The van der Waals surface area contributed by atoms with Crippen molar-refractivity contribution in [3.05, 3.63) is 52.0 Å². The Bertz CT molecular complexity index is 820. The summed E-state index contributed by atoms with van der Waals surface area (Å²) in [6.45, 7) is 4.35. The summed E-state index contributed by atoms with van der Waals surface area (Å²) in [4.78, 5) is 0.125. The Kier molecular flexibility index (Phi) is 10.5. The Hall–Kier alpha value is -0.691. The Morgan fingerprint density at radius 3 is 2.23 bits per heavy atom. The first-order valence-corrected chi connectivity index (χ1v) is 13.6. The molecule has 0 amide bonds. The predicted molar refractivity (Wildman–Crippen MR) is 131 cm³/mol. The summed E-state index contributed by atoms with van der Waals surface area (Å²) in [5.74, 6) is 1.74. The standard InChI is InChI=1S/C23H31BrO4SSe/c1-14(25-3)22(21(28-6)18-13-16(26-4)11-12-19(18)24)30-23-17(15(2)29-7)9-8-10-20(23)27-5/h8-15,21-22H,1-7H3/t14-,15+,21-,22+/m1/s1. The van der Waals surface area contributed by atoms with Gasteiger partial charge in [-0.05, 0) is 0 Å². The Labute approximate surface area is 199 Å². The fourth-order valence-electron chi connectivity index (χ4n) is 3.25. The first-order valence-electron chi connectivity index (χ1n) is 9.67. The van der Waals surface area contributed by atoms with Gasteiger partial charge in [-0.15, -0.1) is 0 Å². The molecule has 0 fully saturated rings. The normalized spacial score (nSPS) is 15.3. The summed E-state index contributed by atoms with van der Waals surface area (Å²) in [7, 11) is 6.94. The van der Waals surface area contributed by atoms with Crippen molar-refractivity contribution in [1.29, 1.82) is 0 Å². The van der Waals surface area contributed by atoms with Crippen molar-refractivity contribution in [3.8, 4) is 11.5 Å². The van der Waals surface area contributed by atoms with Crippen molar-refractivity contribution in [3.63, 3.8) is 0 Å². The molecule has 0 spiro atoms. The van der Waals surface area contributed by atoms with Gasteiger partial charge in [0.2, 0.25) is 0 Å². The van der Waals surface area contributed by atoms with Crippen LogP contribution in [-0.4, -0.2) is 55.8 Å². The molecule has 0 unspecified atom stereocenters. The van der Waals surface area contributed by atoms with Gasteiger partial charge in [-0.2, -0.15) is 0 Å². The van der Waals surface area contributed by atoms with E-state index in [1.54, 1.807) is 28.4 Å². The van der Waals surface area contributed by atoms with E-state index in [1.807, 2.05) is 36.0 Å². The van der Waals surface area contributed by atoms with E-state index in [-0.39, 0.29) is 32.0 Å². The second kappa shape index (κ2) is 12.4. The second-order valence-corrected chi connectivity index (χ2v) is 11.3. The zero-order valence-corrected chi connectivity index (χ0v) is 22.7. The van der Waals surface area contributed by atoms with Gasteiger partial charge in [-0.3, -0.25) is 0 Å². The van der Waals surface area contributed by atoms with Crippen LogP contribution in [0.2, 0.25) is 4.82 Å². The van der Waals surface area contributed by atoms with Crippen LogP contribution in [0.15, 0.2) is 40.9 Å². The van der Waals surface area contributed by atoms with Gasteiger partial charge >= 0.3 is 200 Å². The van der Waals surface area contributed by atoms with Crippen LogP contribution >= 0.6 is 27.7 Å². The van der Waals surface area contributed by atoms with Crippen LogP contribution in [0.3, 0.4) is 0 Å². The predicted octanol–water partition coefficient (Wildman–Crippen LogP) is 5.43. The summed E-state index contributed by atoms with van der Waals surface area (Å²) in [6, 6.07) is 12.3. The molecule has 0 aliphatic heterocycles. The molecule has 30 heavy (non-hydrogen) atoms. The maximum absolute atomic E-state index is 6.08. The molecule has 7 heteroatoms. The topological polar surface area (TPSA) is 36.9 Å². The van der Waals surface area contributed by atoms with E-state index in [0.29, 0.717) is 5.25 Å². The van der Waals surface area contributed by atoms with Gasteiger partial charge in [0.25, 0.3) is 0 Å². The first kappa shape index (κ1) is 25.6. The maximum atomic E-state index is 6.08. The first-order chi connectivity index (χ1) is 14.4. The van der Waals surface area contributed by atoms with Crippen molar-refractivity contribution in [2.75, 3.05) is 34.7 Å². The fraction of sp³-hybridized carbons (Fsp3) is 0.478. The molecule has 0 heterocycles. The van der Waals surface area contributed by atoms with Gasteiger partial charge in [0.05, 0.1) is 0 Å². The zero-order chi connectivity index (χ0) is 22.3. The number of methoxy groups -OCH3 is 4. The number of rotatable bonds is 11. The van der Waals surface area contributed by atoms with E-state index in [1.165, 1.54) is 10.0 Å². The van der Waals surface area contributed by atoms with Gasteiger partial charge in [-0.25, -0.2) is 0 Å². The molecule has 0 radical (unpaired) electrons. The van der Waals surface area contributed by atoms with Crippen molar-refractivity contribution >= 4 is 47.1 Å². The molecular formula is C23H31BrO4SSe. The van der Waals surface area contributed by atoms with Crippen molar-refractivity contribution in [2.24, 2.45) is 0 Å². The van der Waals surface area contributed by atoms with Gasteiger partial charge in [-0.1, -0.05) is 0 Å². The minimum atomic E-state index is -0.160. The van der Waals surface area contributed by atoms with Gasteiger partial charge in [0.1, 0.15) is 0 Å². The molecule has 4 nitrogen and oxygen atoms in total. The molecule has 2 aromatic rings. The molecule has 0 bridgehead atoms. The van der Waals surface area contributed by atoms with Crippen LogP contribution in [0.5, 0.6) is 11.5 Å². The van der Waals surface area contributed by atoms with Crippen LogP contribution in [-0.2, 0) is 9.47 Å². The zero-order valence-electron chi connectivity index (χ0n) is 18.6. The molecule has 2 rings (SSSR count). The van der Waals surface area contributed by atoms with Crippen molar-refractivity contribution in [2.45, 2.75) is 36.1 Å². The average molecular weight is 562 g/mol. The number of hydrogen-bond acceptors (Lipinski definition) is 5. The monoisotopic (exact) mass is 562 g/mol. The van der Waals surface area contributed by atoms with Gasteiger partial charge < -0.3 is 0 Å². The molecular weight excluding hydrogens is 531 g/mol. The molecule has 0 N–H and O–H groups in total. The summed E-state index contributed by atoms with van der Waals surface area (Å²) in [6.07, 6.45) is 1.98. The minimum absolute atomic E-state index is 0.00426. The molecule has 2 aromatic carbocycles. The van der Waals surface area contributed by atoms with E-state index in [9.17, 15) is 0 Å². The molecule has 4 atom stereocenters. The SMILES string of the molecule is COc1ccc(Br)c([C@@H](OC)[C@@H]([Se]c2c(OC)cccc2[C@H](C)SC)[C@@H](C)OC)c1. The molecule has 0 saturated heterocycles. The average Bonchev–Trinajstić information content (AvgIpc) is 2.78. The number of ether oxygens (including phenoxy) is 4. The molecule has 0 aliphatic rings. The third kappa shape index (κ3) is 5.96. The van der Waals surface area contributed by atoms with Crippen LogP contribution < -0.4 is 13.9 Å². The third-order valence-electron chi connectivity index (χ3n) is 5.17. The number of halogens is 1. The van der Waals surface area contributed by atoms with E-state index < -0.39 is 0 Å². The van der Waals surface area contributed by atoms with Crippen molar-refractivity contribution in [1.82, 2.24) is 0 Å². The van der Waals surface area contributed by atoms with E-state index >= 15 is 0 Å². The molecule has 0 aromatic heterocycles. The van der Waals surface area contributed by atoms with Crippen LogP contribution in [0.25, 0.3) is 0 Å². The van der Waals surface area contributed by atoms with Crippen LogP contribution in [0, 0.1) is 0 Å². The molecule has 0 saturated carbocycles. The number of hydrogen-bond donors (Lipinski definition) is 0. The Morgan fingerprint density at radius 1 is 0.933 bits per heavy atom. The van der Waals surface area contributed by atoms with E-state index in [0.717, 1.165) is 21.5 Å².